The van der Waals surface area contributed by atoms with Crippen LogP contribution in [0.3, 0.4) is 0 Å². The van der Waals surface area contributed by atoms with Gasteiger partial charge >= 0.3 is 0 Å². The average Bonchev–Trinajstić information content (AvgIpc) is 2.51. The molecular weight excluding hydrogens is 338 g/mol. The molecule has 0 heterocycles. The van der Waals surface area contributed by atoms with E-state index in [1.54, 1.807) is 24.3 Å². The third kappa shape index (κ3) is 12.9. The molecule has 26 heavy (non-hydrogen) atoms. The number of amides is 3. The monoisotopic (exact) mass is 361 g/mol. The first-order valence-corrected chi connectivity index (χ1v) is 7.49. The molecule has 0 aliphatic heterocycles. The van der Waals surface area contributed by atoms with Gasteiger partial charge in [-0.15, -0.1) is 0 Å². The van der Waals surface area contributed by atoms with Crippen molar-refractivity contribution in [2.45, 2.75) is 20.8 Å². The molecule has 0 unspecified atom stereocenters. The summed E-state index contributed by atoms with van der Waals surface area (Å²) in [4.78, 5) is 30.3. The zero-order chi connectivity index (χ0) is 20.1. The van der Waals surface area contributed by atoms with Gasteiger partial charge in [-0.25, -0.2) is 0 Å². The van der Waals surface area contributed by atoms with Crippen LogP contribution >= 0.6 is 0 Å². The molecule has 0 spiro atoms. The van der Waals surface area contributed by atoms with Crippen LogP contribution in [0, 0.1) is 0 Å². The molecule has 0 aliphatic rings. The van der Waals surface area contributed by atoms with Crippen molar-refractivity contribution in [3.8, 4) is 11.5 Å². The summed E-state index contributed by atoms with van der Waals surface area (Å²) in [7, 11) is 0. The number of nitrogens with two attached hydrogens (primary N) is 1. The molecule has 0 aromatic heterocycles. The van der Waals surface area contributed by atoms with E-state index in [2.05, 4.69) is 16.4 Å². The van der Waals surface area contributed by atoms with E-state index in [1.165, 1.54) is 45.0 Å². The number of aromatic hydroxyl groups is 2. The summed E-state index contributed by atoms with van der Waals surface area (Å²) in [5.41, 5.74) is 5.85. The Morgan fingerprint density at radius 2 is 0.923 bits per heavy atom. The van der Waals surface area contributed by atoms with Crippen molar-refractivity contribution >= 4 is 29.1 Å². The molecule has 8 heteroatoms. The normalized spacial score (nSPS) is 8.73. The van der Waals surface area contributed by atoms with Gasteiger partial charge in [0.15, 0.2) is 0 Å². The van der Waals surface area contributed by atoms with Gasteiger partial charge in [-0.3, -0.25) is 14.4 Å². The molecule has 8 nitrogen and oxygen atoms in total. The molecule has 140 valence electrons. The smallest absolute Gasteiger partial charge is 0.221 e. The lowest BCUT2D eigenvalue weighted by Crippen LogP contribution is -2.04. The van der Waals surface area contributed by atoms with Crippen LogP contribution in [0.5, 0.6) is 11.5 Å². The zero-order valence-corrected chi connectivity index (χ0v) is 14.8. The van der Waals surface area contributed by atoms with E-state index in [9.17, 15) is 14.4 Å². The van der Waals surface area contributed by atoms with Gasteiger partial charge < -0.3 is 26.6 Å². The average molecular weight is 361 g/mol. The Balaban J connectivity index is 0.000000401. The third-order valence-electron chi connectivity index (χ3n) is 2.38. The van der Waals surface area contributed by atoms with Crippen LogP contribution < -0.4 is 16.4 Å². The topological polar surface area (TPSA) is 142 Å². The molecule has 2 rings (SSSR count). The van der Waals surface area contributed by atoms with E-state index in [4.69, 9.17) is 10.2 Å². The number of phenols is 2. The van der Waals surface area contributed by atoms with E-state index in [0.717, 1.165) is 0 Å². The zero-order valence-electron chi connectivity index (χ0n) is 14.8. The molecule has 0 atom stereocenters. The van der Waals surface area contributed by atoms with Gasteiger partial charge in [-0.05, 0) is 48.5 Å². The van der Waals surface area contributed by atoms with Gasteiger partial charge in [0.05, 0.1) is 0 Å². The number of hydrogen-bond acceptors (Lipinski definition) is 5. The lowest BCUT2D eigenvalue weighted by Gasteiger charge is -1.99. The fourth-order valence-corrected chi connectivity index (χ4v) is 1.50. The Morgan fingerprint density at radius 1 is 0.692 bits per heavy atom. The SMILES string of the molecule is CC(=O)Nc1ccc(O)cc1.CC(=O)Nc1ccc(O)cc1.CC(N)=O. The molecule has 0 saturated heterocycles. The minimum Gasteiger partial charge on any atom is -0.508 e. The molecule has 6 N–H and O–H groups in total. The van der Waals surface area contributed by atoms with Crippen molar-refractivity contribution < 1.29 is 24.6 Å². The van der Waals surface area contributed by atoms with Crippen molar-refractivity contribution in [3.63, 3.8) is 0 Å². The van der Waals surface area contributed by atoms with E-state index in [1.807, 2.05) is 0 Å². The van der Waals surface area contributed by atoms with Gasteiger partial charge in [0, 0.05) is 32.1 Å². The lowest BCUT2D eigenvalue weighted by molar-refractivity contribution is -0.116. The first-order valence-electron chi connectivity index (χ1n) is 7.49. The van der Waals surface area contributed by atoms with Gasteiger partial charge in [-0.2, -0.15) is 0 Å². The number of primary amides is 1. The number of hydrogen-bond donors (Lipinski definition) is 5. The second-order valence-corrected chi connectivity index (χ2v) is 5.07. The minimum atomic E-state index is -0.333. The van der Waals surface area contributed by atoms with E-state index < -0.39 is 0 Å². The van der Waals surface area contributed by atoms with Crippen molar-refractivity contribution in [2.75, 3.05) is 10.6 Å². The van der Waals surface area contributed by atoms with Crippen LogP contribution in [0.1, 0.15) is 20.8 Å². The Morgan fingerprint density at radius 3 is 1.12 bits per heavy atom. The minimum absolute atomic E-state index is 0.115. The van der Waals surface area contributed by atoms with Crippen LogP contribution in [-0.2, 0) is 14.4 Å². The van der Waals surface area contributed by atoms with Gasteiger partial charge in [0.1, 0.15) is 11.5 Å². The van der Waals surface area contributed by atoms with Crippen LogP contribution in [0.25, 0.3) is 0 Å². The van der Waals surface area contributed by atoms with E-state index in [0.29, 0.717) is 11.4 Å². The molecule has 0 radical (unpaired) electrons. The molecule has 3 amide bonds. The van der Waals surface area contributed by atoms with Crippen molar-refractivity contribution in [2.24, 2.45) is 5.73 Å². The highest BCUT2D eigenvalue weighted by Crippen LogP contribution is 2.13. The molecular formula is C18H23N3O5. The Labute approximate surface area is 151 Å². The highest BCUT2D eigenvalue weighted by Gasteiger charge is 1.94. The van der Waals surface area contributed by atoms with Crippen LogP contribution in [0.15, 0.2) is 48.5 Å². The van der Waals surface area contributed by atoms with Gasteiger partial charge in [0.25, 0.3) is 0 Å². The second-order valence-electron chi connectivity index (χ2n) is 5.07. The standard InChI is InChI=1S/2C8H9NO2.C2H5NO/c2*1-6(10)9-7-2-4-8(11)5-3-7;1-2(3)4/h2*2-5,11H,1H3,(H,9,10);1H3,(H2,3,4). The number of nitrogens with one attached hydrogen (secondary N) is 2. The summed E-state index contributed by atoms with van der Waals surface area (Å²) >= 11 is 0. The van der Waals surface area contributed by atoms with Crippen LogP contribution in [-0.4, -0.2) is 27.9 Å². The molecule has 0 aliphatic carbocycles. The maximum atomic E-state index is 10.5. The largest absolute Gasteiger partial charge is 0.508 e. The Bertz CT molecular complexity index is 651. The van der Waals surface area contributed by atoms with Crippen LogP contribution in [0.2, 0.25) is 0 Å². The van der Waals surface area contributed by atoms with E-state index in [-0.39, 0.29) is 29.2 Å². The fourth-order valence-electron chi connectivity index (χ4n) is 1.50. The second kappa shape index (κ2) is 11.9. The summed E-state index contributed by atoms with van der Waals surface area (Å²) in [6.45, 7) is 4.18. The fraction of sp³-hybridized carbons (Fsp3) is 0.167. The lowest BCUT2D eigenvalue weighted by atomic mass is 10.3. The first kappa shape index (κ1) is 22.4. The number of anilines is 2. The van der Waals surface area contributed by atoms with Crippen LogP contribution in [0.4, 0.5) is 11.4 Å². The summed E-state index contributed by atoms with van der Waals surface area (Å²) in [6.07, 6.45) is 0. The first-order chi connectivity index (χ1) is 12.1. The number of phenolic OH excluding ortho intramolecular Hbond substituents is 2. The maximum absolute atomic E-state index is 10.5. The number of carbonyl (C=O) groups is 3. The summed E-state index contributed by atoms with van der Waals surface area (Å²) in [5.74, 6) is -0.176. The van der Waals surface area contributed by atoms with Gasteiger partial charge in [0.2, 0.25) is 17.7 Å². The molecule has 0 saturated carbocycles. The number of rotatable bonds is 2. The van der Waals surface area contributed by atoms with Crippen molar-refractivity contribution in [1.82, 2.24) is 0 Å². The number of benzene rings is 2. The third-order valence-corrected chi connectivity index (χ3v) is 2.38. The predicted molar refractivity (Wildman–Crippen MR) is 99.7 cm³/mol. The highest BCUT2D eigenvalue weighted by atomic mass is 16.3. The maximum Gasteiger partial charge on any atom is 0.221 e. The predicted octanol–water partition coefficient (Wildman–Crippen LogP) is 2.19. The van der Waals surface area contributed by atoms with Gasteiger partial charge in [-0.1, -0.05) is 0 Å². The Kier molecular flexibility index (Phi) is 10.3. The molecule has 2 aromatic rings. The summed E-state index contributed by atoms with van der Waals surface area (Å²) in [6, 6.07) is 12.6. The molecule has 0 bridgehead atoms. The van der Waals surface area contributed by atoms with Crippen molar-refractivity contribution in [1.29, 1.82) is 0 Å². The highest BCUT2D eigenvalue weighted by molar-refractivity contribution is 5.89. The quantitative estimate of drug-likeness (QED) is 0.521. The molecule has 0 fully saturated rings. The summed E-state index contributed by atoms with van der Waals surface area (Å²) in [5, 5.41) is 22.9. The van der Waals surface area contributed by atoms with E-state index >= 15 is 0 Å². The Hall–Kier alpha value is -3.55. The number of carbonyl (C=O) groups excluding carboxylic acids is 3. The summed E-state index contributed by atoms with van der Waals surface area (Å²) < 4.78 is 0. The molecule has 2 aromatic carbocycles. The van der Waals surface area contributed by atoms with Crippen molar-refractivity contribution in [3.05, 3.63) is 48.5 Å².